The van der Waals surface area contributed by atoms with Crippen LogP contribution in [0.25, 0.3) is 0 Å². The van der Waals surface area contributed by atoms with Gasteiger partial charge in [0, 0.05) is 24.6 Å². The van der Waals surface area contributed by atoms with E-state index < -0.39 is 14.1 Å². The van der Waals surface area contributed by atoms with Crippen molar-refractivity contribution >= 4 is 8.32 Å². The van der Waals surface area contributed by atoms with Crippen molar-refractivity contribution in [3.05, 3.63) is 71.8 Å². The first-order chi connectivity index (χ1) is 13.5. The van der Waals surface area contributed by atoms with E-state index >= 15 is 0 Å². The van der Waals surface area contributed by atoms with Crippen molar-refractivity contribution in [2.24, 2.45) is 5.92 Å². The topological polar surface area (TPSA) is 21.7 Å². The second-order valence-electron chi connectivity index (χ2n) is 10.1. The van der Waals surface area contributed by atoms with Crippen molar-refractivity contribution in [3.8, 4) is 0 Å². The molecule has 3 nitrogen and oxygen atoms in total. The van der Waals surface area contributed by atoms with Crippen LogP contribution in [0.2, 0.25) is 18.1 Å². The normalized spacial score (nSPS) is 23.7. The van der Waals surface area contributed by atoms with Gasteiger partial charge >= 0.3 is 0 Å². The van der Waals surface area contributed by atoms with Gasteiger partial charge in [-0.2, -0.15) is 5.06 Å². The molecule has 0 spiro atoms. The van der Waals surface area contributed by atoms with Gasteiger partial charge in [0.15, 0.2) is 8.32 Å². The Morgan fingerprint density at radius 3 is 2.10 bits per heavy atom. The van der Waals surface area contributed by atoms with Crippen LogP contribution >= 0.6 is 0 Å². The summed E-state index contributed by atoms with van der Waals surface area (Å²) >= 11 is 0. The predicted octanol–water partition coefficient (Wildman–Crippen LogP) is 6.72. The fourth-order valence-electron chi connectivity index (χ4n) is 3.70. The minimum atomic E-state index is -2.06. The lowest BCUT2D eigenvalue weighted by Crippen LogP contribution is -2.48. The Morgan fingerprint density at radius 2 is 1.59 bits per heavy atom. The molecule has 158 valence electrons. The fraction of sp³-hybridized carbons (Fsp3) is 0.520. The Morgan fingerprint density at radius 1 is 1.03 bits per heavy atom. The zero-order valence-electron chi connectivity index (χ0n) is 19.1. The molecular formula is C25H37NO2Si. The van der Waals surface area contributed by atoms with E-state index in [-0.39, 0.29) is 5.04 Å². The number of hydroxylamine groups is 2. The first-order valence-electron chi connectivity index (χ1n) is 10.8. The summed E-state index contributed by atoms with van der Waals surface area (Å²) in [6.45, 7) is 16.8. The zero-order valence-corrected chi connectivity index (χ0v) is 20.1. The molecule has 0 N–H and O–H groups in total. The second-order valence-corrected chi connectivity index (χ2v) is 14.9. The van der Waals surface area contributed by atoms with Crippen molar-refractivity contribution < 1.29 is 9.26 Å². The molecule has 0 aliphatic carbocycles. The Hall–Kier alpha value is -1.46. The third-order valence-corrected chi connectivity index (χ3v) is 11.0. The maximum atomic E-state index is 7.06. The molecule has 0 aromatic heterocycles. The number of benzene rings is 2. The first kappa shape index (κ1) is 22.2. The Balaban J connectivity index is 1.99. The minimum Gasteiger partial charge on any atom is -0.385 e. The summed E-state index contributed by atoms with van der Waals surface area (Å²) in [6, 6.07) is 21.4. The monoisotopic (exact) mass is 411 g/mol. The largest absolute Gasteiger partial charge is 0.385 e. The van der Waals surface area contributed by atoms with Gasteiger partial charge in [-0.25, -0.2) is 0 Å². The summed E-state index contributed by atoms with van der Waals surface area (Å²) in [7, 11) is -2.06. The van der Waals surface area contributed by atoms with E-state index in [1.807, 2.05) is 0 Å². The molecule has 2 atom stereocenters. The number of hydrogen-bond donors (Lipinski definition) is 0. The molecule has 0 radical (unpaired) electrons. The maximum absolute atomic E-state index is 7.06. The highest BCUT2D eigenvalue weighted by Gasteiger charge is 2.53. The lowest BCUT2D eigenvalue weighted by atomic mass is 9.93. The van der Waals surface area contributed by atoms with Gasteiger partial charge in [-0.1, -0.05) is 95.3 Å². The van der Waals surface area contributed by atoms with E-state index in [2.05, 4.69) is 113 Å². The summed E-state index contributed by atoms with van der Waals surface area (Å²) < 4.78 is 7.06. The summed E-state index contributed by atoms with van der Waals surface area (Å²) in [6.07, 6.45) is 0.841. The molecule has 0 unspecified atom stereocenters. The molecule has 2 aromatic carbocycles. The van der Waals surface area contributed by atoms with Crippen molar-refractivity contribution in [2.75, 3.05) is 0 Å². The van der Waals surface area contributed by atoms with Crippen LogP contribution in [0.3, 0.4) is 0 Å². The highest BCUT2D eigenvalue weighted by atomic mass is 28.4. The molecule has 1 saturated heterocycles. The Bertz CT molecular complexity index is 785. The zero-order chi connectivity index (χ0) is 21.3. The van der Waals surface area contributed by atoms with E-state index in [1.165, 1.54) is 5.56 Å². The molecule has 1 heterocycles. The average Bonchev–Trinajstić information content (AvgIpc) is 3.01. The average molecular weight is 412 g/mol. The van der Waals surface area contributed by atoms with Crippen LogP contribution in [0.5, 0.6) is 0 Å². The van der Waals surface area contributed by atoms with Crippen LogP contribution in [-0.2, 0) is 21.6 Å². The van der Waals surface area contributed by atoms with Gasteiger partial charge < -0.3 is 4.43 Å². The molecule has 1 aliphatic heterocycles. The van der Waals surface area contributed by atoms with Crippen LogP contribution in [-0.4, -0.2) is 19.4 Å². The standard InChI is InChI=1S/C25H37NO2Si/c1-20(2)23-18-25(22-16-12-9-13-17-22,28-29(6,7)24(3,4)5)27-26(23)19-21-14-10-8-11-15-21/h8-17,20,23H,18-19H2,1-7H3/t23-,25+/m1/s1. The van der Waals surface area contributed by atoms with Crippen LogP contribution in [0, 0.1) is 5.92 Å². The number of rotatable bonds is 6. The van der Waals surface area contributed by atoms with Crippen molar-refractivity contribution in [3.63, 3.8) is 0 Å². The van der Waals surface area contributed by atoms with Gasteiger partial charge in [0.25, 0.3) is 0 Å². The Labute approximate surface area is 178 Å². The highest BCUT2D eigenvalue weighted by molar-refractivity contribution is 6.74. The number of hydrogen-bond acceptors (Lipinski definition) is 3. The van der Waals surface area contributed by atoms with E-state index in [1.54, 1.807) is 0 Å². The molecule has 1 aliphatic rings. The second kappa shape index (κ2) is 8.35. The lowest BCUT2D eigenvalue weighted by molar-refractivity contribution is -0.291. The molecular weight excluding hydrogens is 374 g/mol. The molecule has 3 rings (SSSR count). The van der Waals surface area contributed by atoms with Gasteiger partial charge in [0.05, 0.1) is 0 Å². The summed E-state index contributed by atoms with van der Waals surface area (Å²) in [4.78, 5) is 6.79. The van der Waals surface area contributed by atoms with Crippen LogP contribution in [0.4, 0.5) is 0 Å². The van der Waals surface area contributed by atoms with Crippen molar-refractivity contribution in [1.82, 2.24) is 5.06 Å². The summed E-state index contributed by atoms with van der Waals surface area (Å²) in [5, 5.41) is 2.28. The summed E-state index contributed by atoms with van der Waals surface area (Å²) in [5.74, 6) is -0.263. The smallest absolute Gasteiger partial charge is 0.206 e. The predicted molar refractivity (Wildman–Crippen MR) is 123 cm³/mol. The molecule has 2 aromatic rings. The Kier molecular flexibility index (Phi) is 6.40. The third-order valence-electron chi connectivity index (χ3n) is 6.50. The maximum Gasteiger partial charge on any atom is 0.206 e. The molecule has 4 heteroatoms. The van der Waals surface area contributed by atoms with E-state index in [0.717, 1.165) is 18.5 Å². The highest BCUT2D eigenvalue weighted by Crippen LogP contribution is 2.49. The van der Waals surface area contributed by atoms with Gasteiger partial charge in [-0.15, -0.1) is 0 Å². The van der Waals surface area contributed by atoms with E-state index in [0.29, 0.717) is 12.0 Å². The van der Waals surface area contributed by atoms with Crippen molar-refractivity contribution in [2.45, 2.75) is 77.5 Å². The number of nitrogens with zero attached hydrogens (tertiary/aromatic N) is 1. The van der Waals surface area contributed by atoms with Crippen LogP contribution in [0.15, 0.2) is 60.7 Å². The first-order valence-corrected chi connectivity index (χ1v) is 13.7. The molecule has 0 bridgehead atoms. The van der Waals surface area contributed by atoms with Gasteiger partial charge in [-0.3, -0.25) is 4.84 Å². The quantitative estimate of drug-likeness (QED) is 0.492. The fourth-order valence-corrected chi connectivity index (χ4v) is 5.07. The summed E-state index contributed by atoms with van der Waals surface area (Å²) in [5.41, 5.74) is 2.38. The van der Waals surface area contributed by atoms with Crippen molar-refractivity contribution in [1.29, 1.82) is 0 Å². The van der Waals surface area contributed by atoms with Gasteiger partial charge in [0.2, 0.25) is 5.79 Å². The van der Waals surface area contributed by atoms with Crippen LogP contribution < -0.4 is 0 Å². The third kappa shape index (κ3) is 4.83. The molecule has 0 saturated carbocycles. The van der Waals surface area contributed by atoms with Gasteiger partial charge in [0.1, 0.15) is 0 Å². The van der Waals surface area contributed by atoms with Crippen LogP contribution in [0.1, 0.15) is 52.2 Å². The molecule has 0 amide bonds. The SMILES string of the molecule is CC(C)[C@H]1C[C@](O[Si](C)(C)C(C)(C)C)(c2ccccc2)ON1Cc1ccccc1. The van der Waals surface area contributed by atoms with E-state index in [4.69, 9.17) is 9.26 Å². The van der Waals surface area contributed by atoms with E-state index in [9.17, 15) is 0 Å². The molecule has 1 fully saturated rings. The minimum absolute atomic E-state index is 0.109. The lowest BCUT2D eigenvalue weighted by Gasteiger charge is -2.43. The molecule has 29 heavy (non-hydrogen) atoms. The van der Waals surface area contributed by atoms with Gasteiger partial charge in [-0.05, 0) is 29.6 Å².